The normalized spacial score (nSPS) is 11.6. The Balaban J connectivity index is 0.000000705. The molecular weight excluding hydrogens is 370 g/mol. The third-order valence-corrected chi connectivity index (χ3v) is 4.88. The molecule has 0 fully saturated rings. The van der Waals surface area contributed by atoms with Crippen LogP contribution in [-0.2, 0) is 20.2 Å². The first-order valence-corrected chi connectivity index (χ1v) is 9.65. The summed E-state index contributed by atoms with van der Waals surface area (Å²) in [6.45, 7) is 3.46. The third-order valence-electron chi connectivity index (χ3n) is 2.75. The van der Waals surface area contributed by atoms with E-state index in [2.05, 4.69) is 5.16 Å². The Bertz CT molecular complexity index is 913. The van der Waals surface area contributed by atoms with E-state index < -0.39 is 20.2 Å². The number of benzene rings is 2. The Hall–Kier alpha value is -2.43. The zero-order chi connectivity index (χ0) is 19.1. The number of hydrogen-bond acceptors (Lipinski definition) is 7. The molecule has 0 spiro atoms. The summed E-state index contributed by atoms with van der Waals surface area (Å²) in [7, 11) is -8.32. The lowest BCUT2D eigenvalue weighted by molar-refractivity contribution is 0.321. The van der Waals surface area contributed by atoms with Crippen molar-refractivity contribution in [3.63, 3.8) is 0 Å². The van der Waals surface area contributed by atoms with E-state index >= 15 is 0 Å². The summed E-state index contributed by atoms with van der Waals surface area (Å²) in [4.78, 5) is -0.352. The lowest BCUT2D eigenvalue weighted by Gasteiger charge is -2.07. The molecule has 2 aromatic rings. The summed E-state index contributed by atoms with van der Waals surface area (Å²) in [6.07, 6.45) is 1.31. The van der Waals surface area contributed by atoms with Gasteiger partial charge in [0, 0.05) is 6.21 Å². The van der Waals surface area contributed by atoms with Gasteiger partial charge in [0.1, 0.15) is 10.6 Å². The number of nitrogens with zero attached hydrogens (tertiary/aromatic N) is 1. The molecule has 0 heterocycles. The minimum Gasteiger partial charge on any atom is -0.411 e. The molecule has 2 aromatic carbocycles. The first-order chi connectivity index (χ1) is 11.6. The molecule has 0 aliphatic rings. The monoisotopic (exact) mass is 387 g/mol. The van der Waals surface area contributed by atoms with E-state index in [0.29, 0.717) is 0 Å². The number of aryl methyl sites for hydroxylation is 1. The highest BCUT2D eigenvalue weighted by atomic mass is 32.2. The molecular formula is C15H17NO7S2. The Labute approximate surface area is 146 Å². The van der Waals surface area contributed by atoms with Crippen LogP contribution in [0.25, 0.3) is 0 Å². The summed E-state index contributed by atoms with van der Waals surface area (Å²) in [5, 5.41) is 10.1. The summed E-state index contributed by atoms with van der Waals surface area (Å²) in [5.41, 5.74) is 0.909. The van der Waals surface area contributed by atoms with Gasteiger partial charge in [-0.05, 0) is 50.2 Å². The van der Waals surface area contributed by atoms with Gasteiger partial charge in [-0.3, -0.25) is 4.55 Å². The Kier molecular flexibility index (Phi) is 7.09. The molecule has 8 nitrogen and oxygen atoms in total. The zero-order valence-corrected chi connectivity index (χ0v) is 15.0. The van der Waals surface area contributed by atoms with Crippen molar-refractivity contribution in [3.05, 3.63) is 54.1 Å². The summed E-state index contributed by atoms with van der Waals surface area (Å²) in [6, 6.07) is 10.5. The summed E-state index contributed by atoms with van der Waals surface area (Å²) < 4.78 is 59.5. The highest BCUT2D eigenvalue weighted by Gasteiger charge is 2.17. The Morgan fingerprint density at radius 1 is 0.920 bits per heavy atom. The van der Waals surface area contributed by atoms with Crippen molar-refractivity contribution in [3.8, 4) is 5.75 Å². The lowest BCUT2D eigenvalue weighted by Crippen LogP contribution is -2.09. The van der Waals surface area contributed by atoms with Gasteiger partial charge in [-0.15, -0.1) is 5.16 Å². The molecule has 0 atom stereocenters. The predicted octanol–water partition coefficient (Wildman–Crippen LogP) is 2.48. The third kappa shape index (κ3) is 6.53. The largest absolute Gasteiger partial charge is 0.411 e. The van der Waals surface area contributed by atoms with Crippen molar-refractivity contribution in [1.82, 2.24) is 0 Å². The molecule has 0 saturated heterocycles. The molecule has 0 aromatic heterocycles. The number of hydrogen-bond donors (Lipinski definition) is 2. The molecule has 25 heavy (non-hydrogen) atoms. The van der Waals surface area contributed by atoms with Gasteiger partial charge in [-0.1, -0.05) is 17.7 Å². The van der Waals surface area contributed by atoms with Crippen LogP contribution in [0.15, 0.2) is 63.5 Å². The highest BCUT2D eigenvalue weighted by molar-refractivity contribution is 7.87. The standard InChI is InChI=1S/C13H12O6S2.C2H5NO/c1-10-2-6-13(7-3-10)21(17,18)19-11-4-8-12(9-5-11)20(14,15)16;1-2-3-4/h2-9H,1H3,(H,14,15,16);2,4H,1H3. The highest BCUT2D eigenvalue weighted by Crippen LogP contribution is 2.21. The lowest BCUT2D eigenvalue weighted by atomic mass is 10.2. The van der Waals surface area contributed by atoms with Gasteiger partial charge in [-0.2, -0.15) is 16.8 Å². The smallest absolute Gasteiger partial charge is 0.339 e. The molecule has 136 valence electrons. The second-order valence-electron chi connectivity index (χ2n) is 4.67. The molecule has 0 saturated carbocycles. The Morgan fingerprint density at radius 3 is 1.76 bits per heavy atom. The van der Waals surface area contributed by atoms with Crippen molar-refractivity contribution < 1.29 is 30.8 Å². The fourth-order valence-corrected chi connectivity index (χ4v) is 2.96. The zero-order valence-electron chi connectivity index (χ0n) is 13.4. The first-order valence-electron chi connectivity index (χ1n) is 6.81. The molecule has 0 aliphatic carbocycles. The van der Waals surface area contributed by atoms with Crippen LogP contribution in [0.4, 0.5) is 0 Å². The van der Waals surface area contributed by atoms with Crippen LogP contribution in [0.3, 0.4) is 0 Å². The van der Waals surface area contributed by atoms with Crippen molar-refractivity contribution in [2.75, 3.05) is 0 Å². The van der Waals surface area contributed by atoms with E-state index in [1.54, 1.807) is 19.1 Å². The second-order valence-corrected chi connectivity index (χ2v) is 7.64. The van der Waals surface area contributed by atoms with Crippen molar-refractivity contribution in [2.24, 2.45) is 5.16 Å². The number of rotatable bonds is 4. The fourth-order valence-electron chi connectivity index (χ4n) is 1.55. The van der Waals surface area contributed by atoms with Crippen LogP contribution < -0.4 is 4.18 Å². The van der Waals surface area contributed by atoms with E-state index in [1.165, 1.54) is 18.3 Å². The maximum absolute atomic E-state index is 12.0. The SMILES string of the molecule is CC=NO.Cc1ccc(S(=O)(=O)Oc2ccc(S(=O)(=O)O)cc2)cc1. The topological polar surface area (TPSA) is 130 Å². The van der Waals surface area contributed by atoms with Gasteiger partial charge in [0.25, 0.3) is 10.1 Å². The van der Waals surface area contributed by atoms with Crippen LogP contribution in [-0.4, -0.2) is 32.8 Å². The first kappa shape index (κ1) is 20.6. The van der Waals surface area contributed by atoms with Crippen LogP contribution in [0.2, 0.25) is 0 Å². The van der Waals surface area contributed by atoms with E-state index in [0.717, 1.165) is 29.8 Å². The molecule has 0 bridgehead atoms. The van der Waals surface area contributed by atoms with Gasteiger partial charge >= 0.3 is 10.1 Å². The van der Waals surface area contributed by atoms with Crippen LogP contribution in [0.1, 0.15) is 12.5 Å². The van der Waals surface area contributed by atoms with E-state index in [4.69, 9.17) is 13.9 Å². The van der Waals surface area contributed by atoms with Gasteiger partial charge in [0.2, 0.25) is 0 Å². The van der Waals surface area contributed by atoms with E-state index in [1.807, 2.05) is 6.92 Å². The molecule has 0 amide bonds. The Morgan fingerprint density at radius 2 is 1.36 bits per heavy atom. The van der Waals surface area contributed by atoms with E-state index in [-0.39, 0.29) is 15.5 Å². The molecule has 2 rings (SSSR count). The van der Waals surface area contributed by atoms with Gasteiger partial charge in [0.05, 0.1) is 4.90 Å². The molecule has 0 radical (unpaired) electrons. The van der Waals surface area contributed by atoms with Gasteiger partial charge in [0.15, 0.2) is 0 Å². The molecule has 10 heteroatoms. The molecule has 0 aliphatic heterocycles. The maximum atomic E-state index is 12.0. The van der Waals surface area contributed by atoms with Crippen LogP contribution in [0.5, 0.6) is 5.75 Å². The fraction of sp³-hybridized carbons (Fsp3) is 0.133. The quantitative estimate of drug-likeness (QED) is 0.271. The molecule has 2 N–H and O–H groups in total. The van der Waals surface area contributed by atoms with Gasteiger partial charge < -0.3 is 9.39 Å². The van der Waals surface area contributed by atoms with Crippen molar-refractivity contribution >= 4 is 26.5 Å². The average Bonchev–Trinajstić information content (AvgIpc) is 2.55. The van der Waals surface area contributed by atoms with Gasteiger partial charge in [-0.25, -0.2) is 0 Å². The minimum atomic E-state index is -4.33. The van der Waals surface area contributed by atoms with E-state index in [9.17, 15) is 16.8 Å². The van der Waals surface area contributed by atoms with Crippen LogP contribution >= 0.6 is 0 Å². The molecule has 0 unspecified atom stereocenters. The average molecular weight is 387 g/mol. The second kappa shape index (κ2) is 8.60. The predicted molar refractivity (Wildman–Crippen MR) is 91.2 cm³/mol. The van der Waals surface area contributed by atoms with Crippen molar-refractivity contribution in [1.29, 1.82) is 0 Å². The number of oxime groups is 1. The minimum absolute atomic E-state index is 0.00745. The summed E-state index contributed by atoms with van der Waals surface area (Å²) >= 11 is 0. The summed E-state index contributed by atoms with van der Waals surface area (Å²) in [5.74, 6) is -0.0528. The van der Waals surface area contributed by atoms with Crippen LogP contribution in [0, 0.1) is 6.92 Å². The van der Waals surface area contributed by atoms with Crippen molar-refractivity contribution in [2.45, 2.75) is 23.6 Å². The maximum Gasteiger partial charge on any atom is 0.339 e.